The molecule has 98 valence electrons. The van der Waals surface area contributed by atoms with Gasteiger partial charge in [0.25, 0.3) is 0 Å². The Morgan fingerprint density at radius 1 is 1.29 bits per heavy atom. The first-order valence-electron chi connectivity index (χ1n) is 4.94. The van der Waals surface area contributed by atoms with Gasteiger partial charge < -0.3 is 25.2 Å². The first-order valence-corrected chi connectivity index (χ1v) is 4.94. The van der Waals surface area contributed by atoms with Crippen LogP contribution in [0.1, 0.15) is 6.92 Å². The fourth-order valence-corrected chi connectivity index (χ4v) is 0.884. The molecule has 1 atom stereocenters. The fourth-order valence-electron chi connectivity index (χ4n) is 0.884. The Kier molecular flexibility index (Phi) is 7.44. The standard InChI is InChI=1S/C9H16N2O6/c1-3-17-7(12)5-11-9(15)10-4-6(16-2)8(13)14/h6H,3-5H2,1-2H3,(H,13,14)(H2,10,11,15). The van der Waals surface area contributed by atoms with E-state index in [-0.39, 0.29) is 19.7 Å². The van der Waals surface area contributed by atoms with E-state index in [2.05, 4.69) is 20.1 Å². The van der Waals surface area contributed by atoms with Gasteiger partial charge in [0.05, 0.1) is 13.2 Å². The zero-order chi connectivity index (χ0) is 13.3. The molecule has 0 rings (SSSR count). The number of rotatable bonds is 7. The van der Waals surface area contributed by atoms with Crippen molar-refractivity contribution in [1.82, 2.24) is 10.6 Å². The lowest BCUT2D eigenvalue weighted by molar-refractivity contribution is -0.148. The Balaban J connectivity index is 3.79. The Hall–Kier alpha value is -1.83. The van der Waals surface area contributed by atoms with E-state index >= 15 is 0 Å². The molecular weight excluding hydrogens is 232 g/mol. The van der Waals surface area contributed by atoms with Gasteiger partial charge in [-0.1, -0.05) is 0 Å². The summed E-state index contributed by atoms with van der Waals surface area (Å²) in [4.78, 5) is 32.5. The molecule has 0 radical (unpaired) electrons. The van der Waals surface area contributed by atoms with E-state index in [1.807, 2.05) is 0 Å². The summed E-state index contributed by atoms with van der Waals surface area (Å²) in [6.07, 6.45) is -1.12. The predicted octanol–water partition coefficient (Wildman–Crippen LogP) is -1.05. The van der Waals surface area contributed by atoms with Crippen LogP contribution < -0.4 is 10.6 Å². The number of esters is 1. The van der Waals surface area contributed by atoms with Crippen molar-refractivity contribution in [3.63, 3.8) is 0 Å². The smallest absolute Gasteiger partial charge is 0.334 e. The third kappa shape index (κ3) is 7.12. The number of methoxy groups -OCH3 is 1. The molecule has 0 saturated heterocycles. The Bertz CT molecular complexity index is 281. The molecular formula is C9H16N2O6. The minimum atomic E-state index is -1.18. The molecule has 8 nitrogen and oxygen atoms in total. The van der Waals surface area contributed by atoms with Gasteiger partial charge in [-0.05, 0) is 6.92 Å². The quantitative estimate of drug-likeness (QED) is 0.495. The summed E-state index contributed by atoms with van der Waals surface area (Å²) >= 11 is 0. The largest absolute Gasteiger partial charge is 0.479 e. The van der Waals surface area contributed by atoms with Crippen LogP contribution in [-0.4, -0.2) is 56.0 Å². The number of carboxylic acid groups (broad SMARTS) is 1. The first-order chi connectivity index (χ1) is 8.01. The van der Waals surface area contributed by atoms with Gasteiger partial charge in [0.2, 0.25) is 0 Å². The molecule has 2 amide bonds. The number of nitrogens with one attached hydrogen (secondary N) is 2. The summed E-state index contributed by atoms with van der Waals surface area (Å²) in [5.41, 5.74) is 0. The zero-order valence-corrected chi connectivity index (χ0v) is 9.69. The van der Waals surface area contributed by atoms with Crippen LogP contribution in [0.15, 0.2) is 0 Å². The first kappa shape index (κ1) is 15.2. The minimum Gasteiger partial charge on any atom is -0.479 e. The molecule has 0 aliphatic rings. The number of amides is 2. The monoisotopic (exact) mass is 248 g/mol. The fraction of sp³-hybridized carbons (Fsp3) is 0.667. The number of aliphatic carboxylic acids is 1. The van der Waals surface area contributed by atoms with Gasteiger partial charge in [0.1, 0.15) is 6.54 Å². The molecule has 0 spiro atoms. The normalized spacial score (nSPS) is 11.4. The highest BCUT2D eigenvalue weighted by atomic mass is 16.5. The van der Waals surface area contributed by atoms with Crippen LogP contribution >= 0.6 is 0 Å². The maximum absolute atomic E-state index is 11.1. The highest BCUT2D eigenvalue weighted by Crippen LogP contribution is 1.87. The molecule has 0 bridgehead atoms. The van der Waals surface area contributed by atoms with Gasteiger partial charge in [0.15, 0.2) is 6.10 Å². The van der Waals surface area contributed by atoms with Crippen LogP contribution in [0.25, 0.3) is 0 Å². The SMILES string of the molecule is CCOC(=O)CNC(=O)NCC(OC)C(=O)O. The molecule has 0 aromatic heterocycles. The van der Waals surface area contributed by atoms with Crippen molar-refractivity contribution >= 4 is 18.0 Å². The van der Waals surface area contributed by atoms with E-state index in [1.165, 1.54) is 7.11 Å². The molecule has 3 N–H and O–H groups in total. The predicted molar refractivity (Wildman–Crippen MR) is 56.5 cm³/mol. The third-order valence-corrected chi connectivity index (χ3v) is 1.71. The summed E-state index contributed by atoms with van der Waals surface area (Å²) < 4.78 is 9.17. The molecule has 0 aromatic rings. The van der Waals surface area contributed by atoms with Crippen LogP contribution in [0, 0.1) is 0 Å². The topological polar surface area (TPSA) is 114 Å². The number of hydrogen-bond donors (Lipinski definition) is 3. The van der Waals surface area contributed by atoms with Crippen LogP contribution in [-0.2, 0) is 19.1 Å². The van der Waals surface area contributed by atoms with Gasteiger partial charge in [0, 0.05) is 7.11 Å². The summed E-state index contributed by atoms with van der Waals surface area (Å²) in [5.74, 6) is -1.75. The molecule has 0 aromatic carbocycles. The summed E-state index contributed by atoms with van der Waals surface area (Å²) in [6.45, 7) is 1.41. The molecule has 0 fully saturated rings. The lowest BCUT2D eigenvalue weighted by Crippen LogP contribution is -2.44. The van der Waals surface area contributed by atoms with Crippen LogP contribution in [0.3, 0.4) is 0 Å². The average Bonchev–Trinajstić information content (AvgIpc) is 2.27. The number of carbonyl (C=O) groups is 3. The summed E-state index contributed by atoms with van der Waals surface area (Å²) in [6, 6.07) is -0.665. The van der Waals surface area contributed by atoms with Crippen LogP contribution in [0.4, 0.5) is 4.79 Å². The van der Waals surface area contributed by atoms with E-state index in [0.717, 1.165) is 0 Å². The lowest BCUT2D eigenvalue weighted by Gasteiger charge is -2.11. The molecule has 0 heterocycles. The lowest BCUT2D eigenvalue weighted by atomic mass is 10.3. The van der Waals surface area contributed by atoms with E-state index < -0.39 is 24.1 Å². The molecule has 1 unspecified atom stereocenters. The van der Waals surface area contributed by atoms with Crippen molar-refractivity contribution in [2.24, 2.45) is 0 Å². The van der Waals surface area contributed by atoms with Crippen molar-refractivity contribution in [3.05, 3.63) is 0 Å². The van der Waals surface area contributed by atoms with Crippen molar-refractivity contribution in [2.75, 3.05) is 26.8 Å². The summed E-state index contributed by atoms with van der Waals surface area (Å²) in [7, 11) is 1.22. The number of carboxylic acids is 1. The molecule has 0 saturated carbocycles. The number of carbonyl (C=O) groups excluding carboxylic acids is 2. The van der Waals surface area contributed by atoms with Crippen LogP contribution in [0.2, 0.25) is 0 Å². The van der Waals surface area contributed by atoms with Gasteiger partial charge in [-0.25, -0.2) is 9.59 Å². The van der Waals surface area contributed by atoms with Crippen molar-refractivity contribution in [3.8, 4) is 0 Å². The molecule has 0 aliphatic carbocycles. The van der Waals surface area contributed by atoms with E-state index in [4.69, 9.17) is 5.11 Å². The maximum Gasteiger partial charge on any atom is 0.334 e. The van der Waals surface area contributed by atoms with Crippen molar-refractivity contribution in [2.45, 2.75) is 13.0 Å². The highest BCUT2D eigenvalue weighted by Gasteiger charge is 2.17. The number of hydrogen-bond acceptors (Lipinski definition) is 5. The molecule has 17 heavy (non-hydrogen) atoms. The Morgan fingerprint density at radius 3 is 2.41 bits per heavy atom. The minimum absolute atomic E-state index is 0.194. The second-order valence-corrected chi connectivity index (χ2v) is 2.93. The summed E-state index contributed by atoms with van der Waals surface area (Å²) in [5, 5.41) is 13.1. The van der Waals surface area contributed by atoms with Crippen molar-refractivity contribution < 1.29 is 29.0 Å². The Morgan fingerprint density at radius 2 is 1.94 bits per heavy atom. The third-order valence-electron chi connectivity index (χ3n) is 1.71. The zero-order valence-electron chi connectivity index (χ0n) is 9.69. The van der Waals surface area contributed by atoms with Gasteiger partial charge in [-0.2, -0.15) is 0 Å². The molecule has 8 heteroatoms. The second-order valence-electron chi connectivity index (χ2n) is 2.93. The number of ether oxygens (including phenoxy) is 2. The Labute approximate surface area is 98.3 Å². The van der Waals surface area contributed by atoms with E-state index in [0.29, 0.717) is 0 Å². The second kappa shape index (κ2) is 8.34. The maximum atomic E-state index is 11.1. The highest BCUT2D eigenvalue weighted by molar-refractivity contribution is 5.81. The van der Waals surface area contributed by atoms with Gasteiger partial charge in [-0.3, -0.25) is 4.79 Å². The average molecular weight is 248 g/mol. The van der Waals surface area contributed by atoms with Gasteiger partial charge >= 0.3 is 18.0 Å². The van der Waals surface area contributed by atoms with Crippen molar-refractivity contribution in [1.29, 1.82) is 0 Å². The number of urea groups is 1. The van der Waals surface area contributed by atoms with E-state index in [9.17, 15) is 14.4 Å². The van der Waals surface area contributed by atoms with Gasteiger partial charge in [-0.15, -0.1) is 0 Å². The van der Waals surface area contributed by atoms with Crippen LogP contribution in [0.5, 0.6) is 0 Å². The molecule has 0 aliphatic heterocycles. The van der Waals surface area contributed by atoms with E-state index in [1.54, 1.807) is 6.92 Å².